The smallest absolute Gasteiger partial charge is 0.280 e. The third kappa shape index (κ3) is 2.44. The van der Waals surface area contributed by atoms with E-state index < -0.39 is 0 Å². The van der Waals surface area contributed by atoms with Gasteiger partial charge in [-0.05, 0) is 37.6 Å². The number of ether oxygens (including phenoxy) is 1. The van der Waals surface area contributed by atoms with E-state index in [0.717, 1.165) is 22.7 Å². The van der Waals surface area contributed by atoms with Crippen molar-refractivity contribution in [3.63, 3.8) is 0 Å². The van der Waals surface area contributed by atoms with Crippen molar-refractivity contribution in [2.75, 3.05) is 12.4 Å². The van der Waals surface area contributed by atoms with E-state index in [1.165, 1.54) is 4.57 Å². The molecule has 7 nitrogen and oxygen atoms in total. The van der Waals surface area contributed by atoms with Crippen molar-refractivity contribution in [1.82, 2.24) is 19.3 Å². The molecule has 23 heavy (non-hydrogen) atoms. The molecule has 0 aliphatic heterocycles. The molecule has 1 N–H and O–H groups in total. The van der Waals surface area contributed by atoms with E-state index in [-0.39, 0.29) is 5.56 Å². The van der Waals surface area contributed by atoms with Crippen molar-refractivity contribution >= 4 is 22.7 Å². The lowest BCUT2D eigenvalue weighted by Gasteiger charge is -2.13. The number of nitrogens with zero attached hydrogens (tertiary/aromatic N) is 4. The van der Waals surface area contributed by atoms with Crippen molar-refractivity contribution in [3.8, 4) is 5.75 Å². The first-order valence-corrected chi connectivity index (χ1v) is 7.24. The highest BCUT2D eigenvalue weighted by Crippen LogP contribution is 2.24. The van der Waals surface area contributed by atoms with Gasteiger partial charge in [0.1, 0.15) is 11.3 Å². The maximum Gasteiger partial charge on any atom is 0.280 e. The number of aryl methyl sites for hydroxylation is 3. The minimum Gasteiger partial charge on any atom is -0.497 e. The number of benzene rings is 1. The van der Waals surface area contributed by atoms with E-state index in [9.17, 15) is 4.79 Å². The van der Waals surface area contributed by atoms with Crippen LogP contribution in [0.15, 0.2) is 23.0 Å². The number of nitrogens with one attached hydrogen (secondary N) is 1. The number of methoxy groups -OCH3 is 1. The Morgan fingerprint density at radius 1 is 1.22 bits per heavy atom. The van der Waals surface area contributed by atoms with Gasteiger partial charge >= 0.3 is 0 Å². The summed E-state index contributed by atoms with van der Waals surface area (Å²) in [4.78, 5) is 17.1. The second-order valence-corrected chi connectivity index (χ2v) is 5.51. The molecular weight excluding hydrogens is 294 g/mol. The van der Waals surface area contributed by atoms with Crippen LogP contribution < -0.4 is 15.6 Å². The summed E-state index contributed by atoms with van der Waals surface area (Å²) < 4.78 is 8.27. The highest BCUT2D eigenvalue weighted by Gasteiger charge is 2.15. The van der Waals surface area contributed by atoms with E-state index in [4.69, 9.17) is 4.74 Å². The molecule has 0 saturated heterocycles. The SMILES string of the molecule is COc1ccc(Nc2nc3c(C)nn(C)c3c(=O)n2C)c(C)c1. The predicted molar refractivity (Wildman–Crippen MR) is 89.5 cm³/mol. The van der Waals surface area contributed by atoms with E-state index in [2.05, 4.69) is 15.4 Å². The summed E-state index contributed by atoms with van der Waals surface area (Å²) in [7, 11) is 5.07. The highest BCUT2D eigenvalue weighted by molar-refractivity contribution is 5.78. The minimum atomic E-state index is -0.133. The molecule has 3 aromatic rings. The Balaban J connectivity index is 2.12. The van der Waals surface area contributed by atoms with Crippen LogP contribution in [0.25, 0.3) is 11.0 Å². The Kier molecular flexibility index (Phi) is 3.55. The molecule has 0 saturated carbocycles. The number of fused-ring (bicyclic) bond motifs is 1. The summed E-state index contributed by atoms with van der Waals surface area (Å²) in [6, 6.07) is 5.69. The molecule has 7 heteroatoms. The lowest BCUT2D eigenvalue weighted by atomic mass is 10.2. The Labute approximate surface area is 133 Å². The molecular formula is C16H19N5O2. The predicted octanol–water partition coefficient (Wildman–Crippen LogP) is 2.04. The lowest BCUT2D eigenvalue weighted by Crippen LogP contribution is -2.22. The third-order valence-corrected chi connectivity index (χ3v) is 3.91. The highest BCUT2D eigenvalue weighted by atomic mass is 16.5. The van der Waals surface area contributed by atoms with Gasteiger partial charge in [-0.1, -0.05) is 0 Å². The Morgan fingerprint density at radius 2 is 1.96 bits per heavy atom. The first kappa shape index (κ1) is 15.1. The van der Waals surface area contributed by atoms with Crippen LogP contribution >= 0.6 is 0 Å². The quantitative estimate of drug-likeness (QED) is 0.801. The fourth-order valence-corrected chi connectivity index (χ4v) is 2.59. The summed E-state index contributed by atoms with van der Waals surface area (Å²) >= 11 is 0. The third-order valence-electron chi connectivity index (χ3n) is 3.91. The average molecular weight is 313 g/mol. The number of hydrogen-bond donors (Lipinski definition) is 1. The molecule has 2 heterocycles. The largest absolute Gasteiger partial charge is 0.497 e. The molecule has 0 aliphatic carbocycles. The van der Waals surface area contributed by atoms with Crippen LogP contribution in [0, 0.1) is 13.8 Å². The maximum atomic E-state index is 12.6. The molecule has 0 radical (unpaired) electrons. The monoisotopic (exact) mass is 313 g/mol. The molecule has 0 bridgehead atoms. The summed E-state index contributed by atoms with van der Waals surface area (Å²) in [5.41, 5.74) is 3.59. The zero-order valence-corrected chi connectivity index (χ0v) is 13.8. The van der Waals surface area contributed by atoms with E-state index in [0.29, 0.717) is 17.0 Å². The summed E-state index contributed by atoms with van der Waals surface area (Å²) in [6.07, 6.45) is 0. The normalized spacial score (nSPS) is 11.0. The van der Waals surface area contributed by atoms with Gasteiger partial charge in [0.2, 0.25) is 5.95 Å². The lowest BCUT2D eigenvalue weighted by molar-refractivity contribution is 0.414. The van der Waals surface area contributed by atoms with Crippen molar-refractivity contribution in [2.45, 2.75) is 13.8 Å². The molecule has 3 rings (SSSR count). The molecule has 120 valence electrons. The van der Waals surface area contributed by atoms with E-state index >= 15 is 0 Å². The van der Waals surface area contributed by atoms with Crippen LogP contribution in [-0.2, 0) is 14.1 Å². The van der Waals surface area contributed by atoms with Gasteiger partial charge in [-0.15, -0.1) is 0 Å². The van der Waals surface area contributed by atoms with Crippen LogP contribution in [0.4, 0.5) is 11.6 Å². The molecule has 1 aromatic carbocycles. The maximum absolute atomic E-state index is 12.6. The topological polar surface area (TPSA) is 74.0 Å². The Hall–Kier alpha value is -2.83. The Bertz CT molecular complexity index is 955. The summed E-state index contributed by atoms with van der Waals surface area (Å²) in [5, 5.41) is 7.50. The van der Waals surface area contributed by atoms with Gasteiger partial charge in [0.05, 0.1) is 12.8 Å². The van der Waals surface area contributed by atoms with Gasteiger partial charge < -0.3 is 10.1 Å². The zero-order valence-electron chi connectivity index (χ0n) is 13.8. The number of rotatable bonds is 3. The van der Waals surface area contributed by atoms with E-state index in [1.807, 2.05) is 32.0 Å². The van der Waals surface area contributed by atoms with Gasteiger partial charge in [0.25, 0.3) is 5.56 Å². The van der Waals surface area contributed by atoms with Gasteiger partial charge in [-0.3, -0.25) is 14.0 Å². The van der Waals surface area contributed by atoms with Crippen molar-refractivity contribution in [2.24, 2.45) is 14.1 Å². The number of aromatic nitrogens is 4. The molecule has 0 fully saturated rings. The molecule has 0 spiro atoms. The van der Waals surface area contributed by atoms with Gasteiger partial charge in [-0.2, -0.15) is 5.10 Å². The van der Waals surface area contributed by atoms with Crippen LogP contribution in [0.1, 0.15) is 11.3 Å². The van der Waals surface area contributed by atoms with Crippen molar-refractivity contribution in [1.29, 1.82) is 0 Å². The first-order chi connectivity index (χ1) is 10.9. The summed E-state index contributed by atoms with van der Waals surface area (Å²) in [5.74, 6) is 1.26. The van der Waals surface area contributed by atoms with Crippen LogP contribution in [0.2, 0.25) is 0 Å². The average Bonchev–Trinajstić information content (AvgIpc) is 2.80. The van der Waals surface area contributed by atoms with Crippen LogP contribution in [0.5, 0.6) is 5.75 Å². The van der Waals surface area contributed by atoms with Gasteiger partial charge in [0, 0.05) is 19.8 Å². The van der Waals surface area contributed by atoms with Crippen molar-refractivity contribution in [3.05, 3.63) is 39.8 Å². The van der Waals surface area contributed by atoms with E-state index in [1.54, 1.807) is 25.9 Å². The second-order valence-electron chi connectivity index (χ2n) is 5.51. The minimum absolute atomic E-state index is 0.133. The van der Waals surface area contributed by atoms with Gasteiger partial charge in [0.15, 0.2) is 5.52 Å². The standard InChI is InChI=1S/C16H19N5O2/c1-9-8-11(23-5)6-7-12(9)17-16-18-13-10(2)19-21(4)14(13)15(22)20(16)3/h6-8H,1-5H3,(H,17,18). The zero-order chi connectivity index (χ0) is 16.7. The molecule has 0 aliphatic rings. The Morgan fingerprint density at radius 3 is 2.61 bits per heavy atom. The van der Waals surface area contributed by atoms with Gasteiger partial charge in [-0.25, -0.2) is 4.98 Å². The summed E-state index contributed by atoms with van der Waals surface area (Å²) in [6.45, 7) is 3.81. The van der Waals surface area contributed by atoms with Crippen LogP contribution in [0.3, 0.4) is 0 Å². The molecule has 2 aromatic heterocycles. The number of anilines is 2. The first-order valence-electron chi connectivity index (χ1n) is 7.24. The van der Waals surface area contributed by atoms with Crippen molar-refractivity contribution < 1.29 is 4.74 Å². The molecule has 0 amide bonds. The number of hydrogen-bond acceptors (Lipinski definition) is 5. The van der Waals surface area contributed by atoms with Crippen LogP contribution in [-0.4, -0.2) is 26.4 Å². The molecule has 0 atom stereocenters. The molecule has 0 unspecified atom stereocenters. The second kappa shape index (κ2) is 5.42. The fraction of sp³-hybridized carbons (Fsp3) is 0.312. The fourth-order valence-electron chi connectivity index (χ4n) is 2.59.